The molecule has 1 aliphatic carbocycles. The number of hydrogen-bond acceptors (Lipinski definition) is 2. The molecule has 0 aromatic rings. The van der Waals surface area contributed by atoms with Gasteiger partial charge >= 0.3 is 0 Å². The molecule has 0 spiro atoms. The molecule has 1 N–H and O–H groups in total. The van der Waals surface area contributed by atoms with Crippen molar-refractivity contribution in [1.82, 2.24) is 5.32 Å². The van der Waals surface area contributed by atoms with E-state index >= 15 is 0 Å². The first-order chi connectivity index (χ1) is 8.15. The van der Waals surface area contributed by atoms with Crippen LogP contribution in [0.1, 0.15) is 47.0 Å². The Morgan fingerprint density at radius 2 is 2.12 bits per heavy atom. The maximum Gasteiger partial charge on any atom is 0.0600 e. The van der Waals surface area contributed by atoms with Crippen molar-refractivity contribution in [2.75, 3.05) is 6.54 Å². The van der Waals surface area contributed by atoms with Gasteiger partial charge in [-0.3, -0.25) is 0 Å². The van der Waals surface area contributed by atoms with Crippen LogP contribution >= 0.6 is 0 Å². The second-order valence-electron chi connectivity index (χ2n) is 5.69. The lowest BCUT2D eigenvalue weighted by Gasteiger charge is -2.31. The molecule has 1 saturated heterocycles. The first-order valence-electron chi connectivity index (χ1n) is 7.23. The first kappa shape index (κ1) is 13.1. The molecule has 1 fully saturated rings. The average Bonchev–Trinajstić information content (AvgIpc) is 2.88. The summed E-state index contributed by atoms with van der Waals surface area (Å²) in [6.45, 7) is 10.1. The van der Waals surface area contributed by atoms with Gasteiger partial charge < -0.3 is 10.1 Å². The van der Waals surface area contributed by atoms with Crippen molar-refractivity contribution in [3.63, 3.8) is 0 Å². The van der Waals surface area contributed by atoms with E-state index in [1.54, 1.807) is 5.57 Å². The van der Waals surface area contributed by atoms with Gasteiger partial charge in [0, 0.05) is 12.0 Å². The van der Waals surface area contributed by atoms with E-state index in [2.05, 4.69) is 39.1 Å². The van der Waals surface area contributed by atoms with E-state index in [9.17, 15) is 0 Å². The lowest BCUT2D eigenvalue weighted by molar-refractivity contribution is 0.0488. The molecule has 0 aromatic heterocycles. The minimum atomic E-state index is 0.380. The maximum atomic E-state index is 6.01. The summed E-state index contributed by atoms with van der Waals surface area (Å²) in [6, 6.07) is 0.539. The third-order valence-corrected chi connectivity index (χ3v) is 4.60. The molecule has 0 saturated carbocycles. The van der Waals surface area contributed by atoms with Crippen molar-refractivity contribution >= 4 is 0 Å². The van der Waals surface area contributed by atoms with Crippen LogP contribution in [0.2, 0.25) is 0 Å². The maximum absolute atomic E-state index is 6.01. The summed E-state index contributed by atoms with van der Waals surface area (Å²) in [5.74, 6) is 1.28. The van der Waals surface area contributed by atoms with Crippen LogP contribution < -0.4 is 5.32 Å². The Labute approximate surface area is 106 Å². The highest BCUT2D eigenvalue weighted by Gasteiger charge is 2.42. The third-order valence-electron chi connectivity index (χ3n) is 4.60. The van der Waals surface area contributed by atoms with Crippen molar-refractivity contribution in [1.29, 1.82) is 0 Å². The molecule has 1 aliphatic heterocycles. The molecule has 0 radical (unpaired) electrons. The highest BCUT2D eigenvalue weighted by atomic mass is 16.5. The Balaban J connectivity index is 2.14. The Morgan fingerprint density at radius 1 is 1.35 bits per heavy atom. The van der Waals surface area contributed by atoms with Gasteiger partial charge in [0.15, 0.2) is 0 Å². The van der Waals surface area contributed by atoms with Gasteiger partial charge in [0.25, 0.3) is 0 Å². The summed E-state index contributed by atoms with van der Waals surface area (Å²) in [7, 11) is 0. The van der Waals surface area contributed by atoms with Gasteiger partial charge in [0.1, 0.15) is 0 Å². The summed E-state index contributed by atoms with van der Waals surface area (Å²) in [4.78, 5) is 0. The normalized spacial score (nSPS) is 39.4. The van der Waals surface area contributed by atoms with Crippen molar-refractivity contribution < 1.29 is 4.74 Å². The van der Waals surface area contributed by atoms with Crippen molar-refractivity contribution in [2.24, 2.45) is 11.8 Å². The third kappa shape index (κ3) is 2.58. The lowest BCUT2D eigenvalue weighted by Crippen LogP contribution is -2.43. The van der Waals surface area contributed by atoms with Gasteiger partial charge in [-0.25, -0.2) is 0 Å². The fraction of sp³-hybridized carbons (Fsp3) is 0.867. The minimum Gasteiger partial charge on any atom is -0.375 e. The molecule has 2 aliphatic rings. The molecule has 0 aromatic carbocycles. The number of rotatable bonds is 4. The molecule has 1 heterocycles. The first-order valence-corrected chi connectivity index (χ1v) is 7.23. The standard InChI is InChI=1S/C15H27NO/c1-5-16-15(13-8-6-7-9-13)14-10(2)11(3)17-12(14)4/h8,10-12,14-16H,5-7,9H2,1-4H3. The SMILES string of the molecule is CCNC(C1=CCCC1)C1C(C)OC(C)C1C. The zero-order valence-corrected chi connectivity index (χ0v) is 11.7. The van der Waals surface area contributed by atoms with E-state index in [-0.39, 0.29) is 0 Å². The van der Waals surface area contributed by atoms with Gasteiger partial charge in [-0.2, -0.15) is 0 Å². The van der Waals surface area contributed by atoms with Gasteiger partial charge in [-0.1, -0.05) is 25.5 Å². The lowest BCUT2D eigenvalue weighted by atomic mass is 9.80. The number of ether oxygens (including phenoxy) is 1. The molecule has 0 amide bonds. The predicted molar refractivity (Wildman–Crippen MR) is 72.1 cm³/mol. The van der Waals surface area contributed by atoms with Crippen LogP contribution in [0.15, 0.2) is 11.6 Å². The van der Waals surface area contributed by atoms with Crippen LogP contribution in [0.5, 0.6) is 0 Å². The van der Waals surface area contributed by atoms with E-state index in [1.165, 1.54) is 19.3 Å². The van der Waals surface area contributed by atoms with E-state index in [4.69, 9.17) is 4.74 Å². The molecule has 2 rings (SSSR count). The smallest absolute Gasteiger partial charge is 0.0600 e. The van der Waals surface area contributed by atoms with Crippen LogP contribution in [0.4, 0.5) is 0 Å². The van der Waals surface area contributed by atoms with Gasteiger partial charge in [-0.15, -0.1) is 0 Å². The van der Waals surface area contributed by atoms with Gasteiger partial charge in [0.05, 0.1) is 12.2 Å². The Kier molecular flexibility index (Phi) is 4.26. The monoisotopic (exact) mass is 237 g/mol. The van der Waals surface area contributed by atoms with E-state index in [0.717, 1.165) is 6.54 Å². The zero-order chi connectivity index (χ0) is 12.4. The topological polar surface area (TPSA) is 21.3 Å². The second-order valence-corrected chi connectivity index (χ2v) is 5.69. The largest absolute Gasteiger partial charge is 0.375 e. The van der Waals surface area contributed by atoms with Crippen LogP contribution in [-0.4, -0.2) is 24.8 Å². The van der Waals surface area contributed by atoms with Crippen LogP contribution in [0.3, 0.4) is 0 Å². The number of hydrogen-bond donors (Lipinski definition) is 1. The number of nitrogens with one attached hydrogen (secondary N) is 1. The van der Waals surface area contributed by atoms with Crippen LogP contribution in [-0.2, 0) is 4.74 Å². The number of likely N-dealkylation sites (N-methyl/N-ethyl adjacent to an activating group) is 1. The van der Waals surface area contributed by atoms with E-state index in [0.29, 0.717) is 30.1 Å². The molecule has 5 atom stereocenters. The van der Waals surface area contributed by atoms with Gasteiger partial charge in [0.2, 0.25) is 0 Å². The summed E-state index contributed by atoms with van der Waals surface area (Å²) in [6.07, 6.45) is 7.12. The summed E-state index contributed by atoms with van der Waals surface area (Å²) >= 11 is 0. The highest BCUT2D eigenvalue weighted by molar-refractivity contribution is 5.18. The van der Waals surface area contributed by atoms with Crippen LogP contribution in [0, 0.1) is 11.8 Å². The molecule has 98 valence electrons. The Morgan fingerprint density at radius 3 is 2.59 bits per heavy atom. The fourth-order valence-electron chi connectivity index (χ4n) is 3.58. The molecular formula is C15H27NO. The quantitative estimate of drug-likeness (QED) is 0.759. The van der Waals surface area contributed by atoms with Gasteiger partial charge in [-0.05, 0) is 45.6 Å². The van der Waals surface area contributed by atoms with Crippen molar-refractivity contribution in [2.45, 2.75) is 65.2 Å². The Bertz CT molecular complexity index is 287. The van der Waals surface area contributed by atoms with Crippen molar-refractivity contribution in [3.05, 3.63) is 11.6 Å². The number of allylic oxidation sites excluding steroid dienone is 1. The Hall–Kier alpha value is -0.340. The predicted octanol–water partition coefficient (Wildman–Crippen LogP) is 3.13. The summed E-state index contributed by atoms with van der Waals surface area (Å²) in [5.41, 5.74) is 1.63. The second kappa shape index (κ2) is 5.53. The zero-order valence-electron chi connectivity index (χ0n) is 11.7. The molecular weight excluding hydrogens is 210 g/mol. The summed E-state index contributed by atoms with van der Waals surface area (Å²) < 4.78 is 6.01. The summed E-state index contributed by atoms with van der Waals surface area (Å²) in [5, 5.41) is 3.70. The van der Waals surface area contributed by atoms with Crippen LogP contribution in [0.25, 0.3) is 0 Å². The average molecular weight is 237 g/mol. The fourth-order valence-corrected chi connectivity index (χ4v) is 3.58. The molecule has 5 unspecified atom stereocenters. The van der Waals surface area contributed by atoms with E-state index in [1.807, 2.05) is 0 Å². The molecule has 17 heavy (non-hydrogen) atoms. The minimum absolute atomic E-state index is 0.380. The highest BCUT2D eigenvalue weighted by Crippen LogP contribution is 2.38. The molecule has 2 nitrogen and oxygen atoms in total. The van der Waals surface area contributed by atoms with Crippen molar-refractivity contribution in [3.8, 4) is 0 Å². The molecule has 0 bridgehead atoms. The molecule has 2 heteroatoms. The van der Waals surface area contributed by atoms with E-state index < -0.39 is 0 Å².